The second kappa shape index (κ2) is 6.80. The summed E-state index contributed by atoms with van der Waals surface area (Å²) in [6, 6.07) is 1.98. The number of hydrogen-bond donors (Lipinski definition) is 1. The fourth-order valence-electron chi connectivity index (χ4n) is 2.90. The Kier molecular flexibility index (Phi) is 5.21. The first-order valence-corrected chi connectivity index (χ1v) is 7.45. The molecule has 0 unspecified atom stereocenters. The maximum Gasteiger partial charge on any atom is 0.259 e. The summed E-state index contributed by atoms with van der Waals surface area (Å²) in [5.74, 6) is -2.56. The Morgan fingerprint density at radius 3 is 2.26 bits per heavy atom. The maximum absolute atomic E-state index is 14.0. The second-order valence-corrected chi connectivity index (χ2v) is 6.22. The Morgan fingerprint density at radius 2 is 1.83 bits per heavy atom. The van der Waals surface area contributed by atoms with Gasteiger partial charge in [-0.1, -0.05) is 0 Å². The zero-order chi connectivity index (χ0) is 17.2. The highest BCUT2D eigenvalue weighted by Crippen LogP contribution is 2.26. The van der Waals surface area contributed by atoms with Crippen LogP contribution in [0.5, 0.6) is 5.75 Å². The minimum atomic E-state index is -0.944. The van der Waals surface area contributed by atoms with E-state index in [1.54, 1.807) is 0 Å². The number of rotatable bonds is 4. The zero-order valence-corrected chi connectivity index (χ0v) is 13.6. The summed E-state index contributed by atoms with van der Waals surface area (Å²) in [7, 11) is 5.02. The van der Waals surface area contributed by atoms with Gasteiger partial charge in [0, 0.05) is 31.8 Å². The molecule has 0 spiro atoms. The minimum Gasteiger partial charge on any atom is -0.497 e. The molecule has 1 aromatic rings. The summed E-state index contributed by atoms with van der Waals surface area (Å²) in [5.41, 5.74) is -1.46. The van der Waals surface area contributed by atoms with Gasteiger partial charge in [0.15, 0.2) is 0 Å². The van der Waals surface area contributed by atoms with Gasteiger partial charge in [0.1, 0.15) is 22.9 Å². The minimum absolute atomic E-state index is 0.0237. The molecule has 0 aromatic heterocycles. The van der Waals surface area contributed by atoms with Crippen molar-refractivity contribution >= 4 is 5.91 Å². The van der Waals surface area contributed by atoms with Gasteiger partial charge in [-0.15, -0.1) is 0 Å². The number of aliphatic hydroxyl groups is 1. The highest BCUT2D eigenvalue weighted by Gasteiger charge is 2.35. The Hall–Kier alpha value is -1.73. The number of benzene rings is 1. The predicted octanol–water partition coefficient (Wildman–Crippen LogP) is 1.50. The van der Waals surface area contributed by atoms with Crippen LogP contribution >= 0.6 is 0 Å². The molecule has 1 aliphatic rings. The monoisotopic (exact) mass is 328 g/mol. The van der Waals surface area contributed by atoms with Crippen LogP contribution in [-0.4, -0.2) is 67.3 Å². The van der Waals surface area contributed by atoms with E-state index in [1.165, 1.54) is 12.0 Å². The first-order chi connectivity index (χ1) is 10.8. The van der Waals surface area contributed by atoms with Gasteiger partial charge in [0.2, 0.25) is 0 Å². The molecule has 1 aliphatic heterocycles. The largest absolute Gasteiger partial charge is 0.497 e. The van der Waals surface area contributed by atoms with Crippen LogP contribution in [0.2, 0.25) is 0 Å². The lowest BCUT2D eigenvalue weighted by Gasteiger charge is -2.39. The van der Waals surface area contributed by atoms with Crippen LogP contribution < -0.4 is 4.74 Å². The summed E-state index contributed by atoms with van der Waals surface area (Å²) >= 11 is 0. The smallest absolute Gasteiger partial charge is 0.259 e. The topological polar surface area (TPSA) is 53.0 Å². The Balaban J connectivity index is 2.12. The van der Waals surface area contributed by atoms with Crippen molar-refractivity contribution in [1.29, 1.82) is 0 Å². The number of piperidine rings is 1. The predicted molar refractivity (Wildman–Crippen MR) is 81.6 cm³/mol. The Morgan fingerprint density at radius 1 is 1.30 bits per heavy atom. The van der Waals surface area contributed by atoms with Crippen LogP contribution in [0.15, 0.2) is 12.1 Å². The van der Waals surface area contributed by atoms with E-state index in [2.05, 4.69) is 0 Å². The van der Waals surface area contributed by atoms with Crippen LogP contribution in [0.4, 0.5) is 8.78 Å². The van der Waals surface area contributed by atoms with Crippen LogP contribution in [0.3, 0.4) is 0 Å². The highest BCUT2D eigenvalue weighted by molar-refractivity contribution is 5.95. The molecule has 1 N–H and O–H groups in total. The summed E-state index contributed by atoms with van der Waals surface area (Å²) < 4.78 is 32.8. The van der Waals surface area contributed by atoms with E-state index in [0.717, 1.165) is 12.1 Å². The van der Waals surface area contributed by atoms with E-state index < -0.39 is 28.7 Å². The third kappa shape index (κ3) is 3.97. The average Bonchev–Trinajstić information content (AvgIpc) is 2.45. The Labute approximate surface area is 134 Å². The number of amides is 1. The lowest BCUT2D eigenvalue weighted by molar-refractivity contribution is -0.0325. The Bertz CT molecular complexity index is 562. The molecule has 1 saturated heterocycles. The lowest BCUT2D eigenvalue weighted by atomic mass is 9.90. The van der Waals surface area contributed by atoms with E-state index in [9.17, 15) is 18.7 Å². The van der Waals surface area contributed by atoms with Crippen LogP contribution in [0, 0.1) is 11.6 Å². The van der Waals surface area contributed by atoms with Gasteiger partial charge < -0.3 is 19.6 Å². The number of nitrogens with zero attached hydrogens (tertiary/aromatic N) is 2. The quantitative estimate of drug-likeness (QED) is 0.910. The molecule has 1 amide bonds. The number of hydrogen-bond acceptors (Lipinski definition) is 4. The first kappa shape index (κ1) is 17.6. The summed E-state index contributed by atoms with van der Waals surface area (Å²) in [5, 5.41) is 10.4. The number of halogens is 2. The second-order valence-electron chi connectivity index (χ2n) is 6.22. The van der Waals surface area contributed by atoms with Gasteiger partial charge >= 0.3 is 0 Å². The van der Waals surface area contributed by atoms with E-state index >= 15 is 0 Å². The number of carbonyl (C=O) groups is 1. The standard InChI is InChI=1S/C16H22F2N2O3/c1-19(2)10-16(22)4-6-20(7-5-16)15(21)14-12(17)8-11(23-3)9-13(14)18/h8-9,22H,4-7,10H2,1-3H3. The molecule has 2 rings (SSSR count). The molecule has 1 heterocycles. The molecule has 7 heteroatoms. The van der Waals surface area contributed by atoms with Crippen LogP contribution in [0.25, 0.3) is 0 Å². The van der Waals surface area contributed by atoms with E-state index in [0.29, 0.717) is 19.4 Å². The molecule has 128 valence electrons. The third-order valence-electron chi connectivity index (χ3n) is 4.06. The number of carbonyl (C=O) groups excluding carboxylic acids is 1. The van der Waals surface area contributed by atoms with Gasteiger partial charge in [-0.2, -0.15) is 0 Å². The molecule has 5 nitrogen and oxygen atoms in total. The molecule has 23 heavy (non-hydrogen) atoms. The molecule has 1 aromatic carbocycles. The molecule has 1 fully saturated rings. The van der Waals surface area contributed by atoms with Crippen molar-refractivity contribution in [1.82, 2.24) is 9.80 Å². The van der Waals surface area contributed by atoms with Gasteiger partial charge in [-0.25, -0.2) is 8.78 Å². The van der Waals surface area contributed by atoms with Crippen molar-refractivity contribution in [2.45, 2.75) is 18.4 Å². The van der Waals surface area contributed by atoms with Crippen molar-refractivity contribution < 1.29 is 23.4 Å². The van der Waals surface area contributed by atoms with Crippen molar-refractivity contribution in [2.24, 2.45) is 0 Å². The molecule has 0 atom stereocenters. The molecular weight excluding hydrogens is 306 g/mol. The van der Waals surface area contributed by atoms with E-state index in [4.69, 9.17) is 4.74 Å². The molecule has 0 aliphatic carbocycles. The zero-order valence-electron chi connectivity index (χ0n) is 13.6. The fraction of sp³-hybridized carbons (Fsp3) is 0.562. The number of methoxy groups -OCH3 is 1. The number of likely N-dealkylation sites (N-methyl/N-ethyl adjacent to an activating group) is 1. The van der Waals surface area contributed by atoms with Crippen molar-refractivity contribution in [2.75, 3.05) is 40.8 Å². The summed E-state index contributed by atoms with van der Waals surface area (Å²) in [6.07, 6.45) is 0.743. The lowest BCUT2D eigenvalue weighted by Crippen LogP contribution is -2.51. The van der Waals surface area contributed by atoms with Crippen molar-refractivity contribution in [3.8, 4) is 5.75 Å². The van der Waals surface area contributed by atoms with E-state index in [-0.39, 0.29) is 18.8 Å². The average molecular weight is 328 g/mol. The van der Waals surface area contributed by atoms with Gasteiger partial charge in [0.25, 0.3) is 5.91 Å². The van der Waals surface area contributed by atoms with Crippen molar-refractivity contribution in [3.63, 3.8) is 0 Å². The van der Waals surface area contributed by atoms with Crippen LogP contribution in [0.1, 0.15) is 23.2 Å². The third-order valence-corrected chi connectivity index (χ3v) is 4.06. The fourth-order valence-corrected chi connectivity index (χ4v) is 2.90. The van der Waals surface area contributed by atoms with Crippen molar-refractivity contribution in [3.05, 3.63) is 29.3 Å². The van der Waals surface area contributed by atoms with Crippen LogP contribution in [-0.2, 0) is 0 Å². The number of ether oxygens (including phenoxy) is 1. The number of likely N-dealkylation sites (tertiary alicyclic amines) is 1. The van der Waals surface area contributed by atoms with Gasteiger partial charge in [-0.3, -0.25) is 4.79 Å². The SMILES string of the molecule is COc1cc(F)c(C(=O)N2CCC(O)(CN(C)C)CC2)c(F)c1. The van der Waals surface area contributed by atoms with Gasteiger partial charge in [-0.05, 0) is 26.9 Å². The first-order valence-electron chi connectivity index (χ1n) is 7.45. The normalized spacial score (nSPS) is 17.4. The maximum atomic E-state index is 14.0. The summed E-state index contributed by atoms with van der Waals surface area (Å²) in [6.45, 7) is 1.00. The molecular formula is C16H22F2N2O3. The highest BCUT2D eigenvalue weighted by atomic mass is 19.1. The molecule has 0 radical (unpaired) electrons. The summed E-state index contributed by atoms with van der Waals surface area (Å²) in [4.78, 5) is 15.6. The molecule has 0 bridgehead atoms. The molecule has 0 saturated carbocycles. The van der Waals surface area contributed by atoms with E-state index in [1.807, 2.05) is 19.0 Å². The van der Waals surface area contributed by atoms with Gasteiger partial charge in [0.05, 0.1) is 12.7 Å².